The van der Waals surface area contributed by atoms with Crippen LogP contribution in [0, 0.1) is 0 Å². The van der Waals surface area contributed by atoms with E-state index in [4.69, 9.17) is 0 Å². The van der Waals surface area contributed by atoms with E-state index in [1.807, 2.05) is 0 Å². The number of hydrogen-bond donors (Lipinski definition) is 1. The van der Waals surface area contributed by atoms with Crippen molar-refractivity contribution in [2.45, 2.75) is 0 Å². The van der Waals surface area contributed by atoms with E-state index in [0.717, 1.165) is 0 Å². The third-order valence-electron chi connectivity index (χ3n) is 1.95. The van der Waals surface area contributed by atoms with E-state index in [1.165, 1.54) is 0 Å². The molecule has 1 radical (unpaired) electrons. The van der Waals surface area contributed by atoms with Gasteiger partial charge in [-0.2, -0.15) is 0 Å². The molecule has 79 valence electrons. The maximum absolute atomic E-state index is 11.5. The molecule has 2 amide bonds. The van der Waals surface area contributed by atoms with Crippen LogP contribution in [0.3, 0.4) is 0 Å². The van der Waals surface area contributed by atoms with E-state index >= 15 is 0 Å². The summed E-state index contributed by atoms with van der Waals surface area (Å²) in [6.45, 7) is 0. The summed E-state index contributed by atoms with van der Waals surface area (Å²) in [5.41, 5.74) is 0.698. The molecule has 8 heteroatoms. The van der Waals surface area contributed by atoms with Crippen molar-refractivity contribution in [2.24, 2.45) is 0 Å². The van der Waals surface area contributed by atoms with Crippen molar-refractivity contribution in [3.63, 3.8) is 0 Å². The van der Waals surface area contributed by atoms with Gasteiger partial charge in [-0.1, -0.05) is 0 Å². The Bertz CT molecular complexity index is 472. The monoisotopic (exact) mass is 498 g/mol. The number of nitrogens with one attached hydrogen (secondary N) is 1. The molecule has 3 nitrogen and oxygen atoms in total. The number of benzene rings is 1. The van der Waals surface area contributed by atoms with Gasteiger partial charge in [0, 0.05) is 69.3 Å². The molecule has 0 bridgehead atoms. The second-order valence-corrected chi connectivity index (χ2v) is 5.96. The molecule has 0 saturated carbocycles. The molecule has 0 aromatic heterocycles. The largest absolute Gasteiger partial charge is 0.288 e. The Hall–Kier alpha value is 1.92. The van der Waals surface area contributed by atoms with Crippen LogP contribution < -0.4 is 5.32 Å². The minimum atomic E-state index is -0.393. The average Bonchev–Trinajstić information content (AvgIpc) is 2.47. The summed E-state index contributed by atoms with van der Waals surface area (Å²) in [6.07, 6.45) is 0. The van der Waals surface area contributed by atoms with E-state index in [0.29, 0.717) is 29.0 Å². The Balaban J connectivity index is 0.00000128. The van der Waals surface area contributed by atoms with E-state index < -0.39 is 11.8 Å². The minimum absolute atomic E-state index is 0. The number of carbonyl (C=O) groups is 2. The molecular formula is C8HBr4KNO2. The molecule has 0 spiro atoms. The predicted octanol–water partition coefficient (Wildman–Crippen LogP) is 3.24. The molecule has 0 atom stereocenters. The molecule has 0 saturated heterocycles. The first-order valence-electron chi connectivity index (χ1n) is 3.66. The fourth-order valence-electron chi connectivity index (χ4n) is 1.29. The fraction of sp³-hybridized carbons (Fsp3) is 0. The zero-order chi connectivity index (χ0) is 11.3. The molecule has 1 heterocycles. The number of amides is 2. The van der Waals surface area contributed by atoms with Gasteiger partial charge in [0.25, 0.3) is 11.8 Å². The second-order valence-electron chi connectivity index (χ2n) is 2.79. The van der Waals surface area contributed by atoms with Crippen LogP contribution in [0.2, 0.25) is 0 Å². The van der Waals surface area contributed by atoms with Crippen molar-refractivity contribution in [2.75, 3.05) is 0 Å². The molecule has 0 fully saturated rings. The number of carbonyl (C=O) groups excluding carboxylic acids is 2. The summed E-state index contributed by atoms with van der Waals surface area (Å²) >= 11 is 13.2. The van der Waals surface area contributed by atoms with Crippen LogP contribution in [0.4, 0.5) is 0 Å². The van der Waals surface area contributed by atoms with Gasteiger partial charge in [0.15, 0.2) is 0 Å². The van der Waals surface area contributed by atoms with Crippen LogP contribution in [0.5, 0.6) is 0 Å². The normalized spacial score (nSPS) is 13.2. The smallest absolute Gasteiger partial charge is 0.260 e. The van der Waals surface area contributed by atoms with Crippen molar-refractivity contribution in [1.29, 1.82) is 0 Å². The van der Waals surface area contributed by atoms with E-state index in [2.05, 4.69) is 69.0 Å². The maximum Gasteiger partial charge on any atom is 0.260 e. The molecule has 16 heavy (non-hydrogen) atoms. The predicted molar refractivity (Wildman–Crippen MR) is 74.8 cm³/mol. The van der Waals surface area contributed by atoms with Gasteiger partial charge < -0.3 is 0 Å². The molecule has 1 aliphatic rings. The van der Waals surface area contributed by atoms with Gasteiger partial charge in [0.05, 0.1) is 11.1 Å². The van der Waals surface area contributed by atoms with Crippen LogP contribution in [-0.4, -0.2) is 63.2 Å². The first-order chi connectivity index (χ1) is 6.95. The summed E-state index contributed by atoms with van der Waals surface area (Å²) in [4.78, 5) is 23.0. The average molecular weight is 502 g/mol. The summed E-state index contributed by atoms with van der Waals surface area (Å²) in [7, 11) is 0. The third kappa shape index (κ3) is 2.46. The Morgan fingerprint density at radius 2 is 1.00 bits per heavy atom. The zero-order valence-corrected chi connectivity index (χ0v) is 17.3. The summed E-state index contributed by atoms with van der Waals surface area (Å²) in [5, 5.41) is 2.24. The van der Waals surface area contributed by atoms with Crippen molar-refractivity contribution >= 4 is 127 Å². The van der Waals surface area contributed by atoms with Gasteiger partial charge in [-0.3, -0.25) is 14.9 Å². The molecule has 1 N–H and O–H groups in total. The van der Waals surface area contributed by atoms with E-state index in [9.17, 15) is 9.59 Å². The molecule has 1 aliphatic heterocycles. The van der Waals surface area contributed by atoms with Crippen molar-refractivity contribution in [1.82, 2.24) is 5.32 Å². The van der Waals surface area contributed by atoms with Gasteiger partial charge in [-0.15, -0.1) is 0 Å². The summed E-state index contributed by atoms with van der Waals surface area (Å²) in [6, 6.07) is 0. The summed E-state index contributed by atoms with van der Waals surface area (Å²) in [5.74, 6) is -0.786. The standard InChI is InChI=1S/C8HBr4NO2.K/c9-3-1-2(8(15)13-7(1)14)4(10)6(12)5(3)11;/h(H,13,14,15);. The number of rotatable bonds is 0. The van der Waals surface area contributed by atoms with E-state index in [-0.39, 0.29) is 51.4 Å². The van der Waals surface area contributed by atoms with Crippen LogP contribution in [0.25, 0.3) is 0 Å². The Morgan fingerprint density at radius 3 is 1.31 bits per heavy atom. The van der Waals surface area contributed by atoms with Crippen molar-refractivity contribution < 1.29 is 9.59 Å². The van der Waals surface area contributed by atoms with E-state index in [1.54, 1.807) is 0 Å². The van der Waals surface area contributed by atoms with Crippen LogP contribution in [-0.2, 0) is 0 Å². The number of fused-ring (bicyclic) bond motifs is 1. The number of hydrogen-bond acceptors (Lipinski definition) is 2. The Kier molecular flexibility index (Phi) is 5.90. The molecule has 1 aromatic carbocycles. The molecule has 1 aromatic rings. The molecule has 0 unspecified atom stereocenters. The quantitative estimate of drug-likeness (QED) is 0.257. The van der Waals surface area contributed by atoms with Gasteiger partial charge in [-0.25, -0.2) is 0 Å². The summed E-state index contributed by atoms with van der Waals surface area (Å²) < 4.78 is 2.52. The fourth-order valence-corrected chi connectivity index (χ4v) is 3.76. The second kappa shape index (κ2) is 5.92. The van der Waals surface area contributed by atoms with Crippen molar-refractivity contribution in [3.8, 4) is 0 Å². The molecule has 0 aliphatic carbocycles. The first-order valence-corrected chi connectivity index (χ1v) is 6.84. The maximum atomic E-state index is 11.5. The Labute approximate surface area is 167 Å². The number of imide groups is 1. The zero-order valence-electron chi connectivity index (χ0n) is 7.83. The SMILES string of the molecule is O=C1NC(=O)c2c(Br)c(Br)c(Br)c(Br)c21.[K]. The number of halogens is 4. The molecule has 2 rings (SSSR count). The van der Waals surface area contributed by atoms with Crippen molar-refractivity contribution in [3.05, 3.63) is 29.0 Å². The minimum Gasteiger partial charge on any atom is -0.288 e. The third-order valence-corrected chi connectivity index (χ3v) is 6.72. The Morgan fingerprint density at radius 1 is 0.688 bits per heavy atom. The first kappa shape index (κ1) is 16.0. The van der Waals surface area contributed by atoms with Crippen LogP contribution in [0.15, 0.2) is 17.9 Å². The van der Waals surface area contributed by atoms with Gasteiger partial charge in [-0.05, 0) is 63.7 Å². The van der Waals surface area contributed by atoms with Crippen LogP contribution in [0.1, 0.15) is 20.7 Å². The van der Waals surface area contributed by atoms with Gasteiger partial charge >= 0.3 is 0 Å². The van der Waals surface area contributed by atoms with Gasteiger partial charge in [0.1, 0.15) is 0 Å². The molecular weight excluding hydrogens is 501 g/mol. The van der Waals surface area contributed by atoms with Gasteiger partial charge in [0.2, 0.25) is 0 Å². The topological polar surface area (TPSA) is 46.2 Å². The van der Waals surface area contributed by atoms with Crippen LogP contribution >= 0.6 is 63.7 Å².